The van der Waals surface area contributed by atoms with Crippen molar-refractivity contribution in [1.82, 2.24) is 4.90 Å². The van der Waals surface area contributed by atoms with Gasteiger partial charge in [-0.2, -0.15) is 0 Å². The van der Waals surface area contributed by atoms with E-state index in [4.69, 9.17) is 5.11 Å². The fourth-order valence-electron chi connectivity index (χ4n) is 3.18. The van der Waals surface area contributed by atoms with Crippen LogP contribution < -0.4 is 0 Å². The summed E-state index contributed by atoms with van der Waals surface area (Å²) in [6.07, 6.45) is 1.28. The molecule has 1 saturated heterocycles. The Bertz CT molecular complexity index is 378. The van der Waals surface area contributed by atoms with E-state index in [2.05, 4.69) is 0 Å². The van der Waals surface area contributed by atoms with Gasteiger partial charge in [0.1, 0.15) is 5.78 Å². The number of carbonyl (C=O) groups excluding carboxylic acids is 2. The van der Waals surface area contributed by atoms with Gasteiger partial charge >= 0.3 is 5.97 Å². The third-order valence-electron chi connectivity index (χ3n) is 3.50. The van der Waals surface area contributed by atoms with Gasteiger partial charge in [-0.15, -0.1) is 0 Å². The van der Waals surface area contributed by atoms with Crippen molar-refractivity contribution < 1.29 is 19.5 Å². The van der Waals surface area contributed by atoms with Crippen molar-refractivity contribution in [2.24, 2.45) is 0 Å². The van der Waals surface area contributed by atoms with Gasteiger partial charge in [0, 0.05) is 36.8 Å². The van der Waals surface area contributed by atoms with E-state index in [1.165, 1.54) is 0 Å². The first-order valence-corrected chi connectivity index (χ1v) is 6.63. The van der Waals surface area contributed by atoms with Gasteiger partial charge in [-0.05, 0) is 34.1 Å². The number of piperidine rings is 1. The zero-order chi connectivity index (χ0) is 14.8. The first kappa shape index (κ1) is 15.7. The van der Waals surface area contributed by atoms with E-state index in [-0.39, 0.29) is 24.5 Å². The van der Waals surface area contributed by atoms with Gasteiger partial charge in [-0.25, -0.2) is 0 Å². The number of carbonyl (C=O) groups is 3. The molecule has 0 aromatic rings. The molecule has 0 spiro atoms. The number of hydrogen-bond acceptors (Lipinski definition) is 3. The Kier molecular flexibility index (Phi) is 4.38. The average Bonchev–Trinajstić information content (AvgIpc) is 2.10. The van der Waals surface area contributed by atoms with E-state index in [1.807, 2.05) is 27.7 Å². The summed E-state index contributed by atoms with van der Waals surface area (Å²) in [4.78, 5) is 36.3. The fourth-order valence-corrected chi connectivity index (χ4v) is 3.18. The molecule has 0 bridgehead atoms. The zero-order valence-electron chi connectivity index (χ0n) is 12.2. The van der Waals surface area contributed by atoms with Crippen molar-refractivity contribution in [1.29, 1.82) is 0 Å². The predicted octanol–water partition coefficient (Wildman–Crippen LogP) is 1.99. The summed E-state index contributed by atoms with van der Waals surface area (Å²) in [5, 5.41) is 8.61. The molecule has 19 heavy (non-hydrogen) atoms. The first-order valence-electron chi connectivity index (χ1n) is 6.63. The van der Waals surface area contributed by atoms with Gasteiger partial charge in [0.15, 0.2) is 0 Å². The molecule has 0 unspecified atom stereocenters. The van der Waals surface area contributed by atoms with Crippen molar-refractivity contribution >= 4 is 17.7 Å². The van der Waals surface area contributed by atoms with Gasteiger partial charge in [0.2, 0.25) is 5.91 Å². The van der Waals surface area contributed by atoms with Crippen LogP contribution in [0.2, 0.25) is 0 Å². The molecule has 108 valence electrons. The molecular weight excluding hydrogens is 246 g/mol. The highest BCUT2D eigenvalue weighted by molar-refractivity contribution is 5.86. The molecule has 1 fully saturated rings. The minimum absolute atomic E-state index is 0.000627. The molecular formula is C14H23NO4. The summed E-state index contributed by atoms with van der Waals surface area (Å²) in [5.74, 6) is -0.784. The maximum absolute atomic E-state index is 12.3. The Morgan fingerprint density at radius 1 is 1.11 bits per heavy atom. The number of carboxylic acid groups (broad SMARTS) is 1. The summed E-state index contributed by atoms with van der Waals surface area (Å²) in [6.45, 7) is 7.56. The molecule has 5 nitrogen and oxygen atoms in total. The van der Waals surface area contributed by atoms with E-state index in [0.717, 1.165) is 0 Å². The summed E-state index contributed by atoms with van der Waals surface area (Å²) >= 11 is 0. The molecule has 0 aromatic carbocycles. The van der Waals surface area contributed by atoms with Crippen LogP contribution in [0, 0.1) is 0 Å². The second-order valence-electron chi connectivity index (χ2n) is 6.49. The van der Waals surface area contributed by atoms with E-state index >= 15 is 0 Å². The maximum Gasteiger partial charge on any atom is 0.303 e. The lowest BCUT2D eigenvalue weighted by atomic mass is 9.78. The Morgan fingerprint density at radius 2 is 1.58 bits per heavy atom. The van der Waals surface area contributed by atoms with E-state index in [1.54, 1.807) is 4.90 Å². The van der Waals surface area contributed by atoms with Crippen LogP contribution >= 0.6 is 0 Å². The monoisotopic (exact) mass is 269 g/mol. The quantitative estimate of drug-likeness (QED) is 0.847. The van der Waals surface area contributed by atoms with Crippen LogP contribution in [0.4, 0.5) is 0 Å². The number of Topliss-reactive ketones (excluding diaryl/α,β-unsaturated/α-hetero) is 1. The standard InChI is InChI=1S/C14H23NO4/c1-13(2)8-10(16)9-14(3,4)15(13)11(17)6-5-7-12(18)19/h5-9H2,1-4H3,(H,18,19). The van der Waals surface area contributed by atoms with Crippen LogP contribution in [-0.2, 0) is 14.4 Å². The van der Waals surface area contributed by atoms with Crippen LogP contribution in [0.5, 0.6) is 0 Å². The third kappa shape index (κ3) is 3.78. The maximum atomic E-state index is 12.3. The molecule has 0 saturated carbocycles. The van der Waals surface area contributed by atoms with Gasteiger partial charge in [-0.3, -0.25) is 14.4 Å². The molecule has 0 atom stereocenters. The smallest absolute Gasteiger partial charge is 0.303 e. The Morgan fingerprint density at radius 3 is 2.00 bits per heavy atom. The summed E-state index contributed by atoms with van der Waals surface area (Å²) in [6, 6.07) is 0. The zero-order valence-corrected chi connectivity index (χ0v) is 12.2. The van der Waals surface area contributed by atoms with Crippen molar-refractivity contribution in [2.75, 3.05) is 0 Å². The molecule has 0 aromatic heterocycles. The Labute approximate surface area is 114 Å². The van der Waals surface area contributed by atoms with Crippen molar-refractivity contribution in [3.63, 3.8) is 0 Å². The highest BCUT2D eigenvalue weighted by atomic mass is 16.4. The lowest BCUT2D eigenvalue weighted by Gasteiger charge is -2.52. The molecule has 1 aliphatic heterocycles. The second-order valence-corrected chi connectivity index (χ2v) is 6.49. The largest absolute Gasteiger partial charge is 0.481 e. The van der Waals surface area contributed by atoms with Gasteiger partial charge in [-0.1, -0.05) is 0 Å². The third-order valence-corrected chi connectivity index (χ3v) is 3.50. The average molecular weight is 269 g/mol. The van der Waals surface area contributed by atoms with Crippen molar-refractivity contribution in [3.8, 4) is 0 Å². The van der Waals surface area contributed by atoms with E-state index in [0.29, 0.717) is 19.3 Å². The minimum Gasteiger partial charge on any atom is -0.481 e. The fraction of sp³-hybridized carbons (Fsp3) is 0.786. The molecule has 1 rings (SSSR count). The lowest BCUT2D eigenvalue weighted by Crippen LogP contribution is -2.63. The summed E-state index contributed by atoms with van der Waals surface area (Å²) < 4.78 is 0. The predicted molar refractivity (Wildman–Crippen MR) is 70.7 cm³/mol. The van der Waals surface area contributed by atoms with E-state index < -0.39 is 17.0 Å². The highest BCUT2D eigenvalue weighted by Gasteiger charge is 2.46. The van der Waals surface area contributed by atoms with Crippen LogP contribution in [0.25, 0.3) is 0 Å². The van der Waals surface area contributed by atoms with Crippen molar-refractivity contribution in [2.45, 2.75) is 70.9 Å². The number of ketones is 1. The number of carboxylic acids is 1. The van der Waals surface area contributed by atoms with Crippen molar-refractivity contribution in [3.05, 3.63) is 0 Å². The Balaban J connectivity index is 2.79. The molecule has 1 heterocycles. The van der Waals surface area contributed by atoms with Crippen LogP contribution in [0.3, 0.4) is 0 Å². The number of amides is 1. The molecule has 0 radical (unpaired) electrons. The molecule has 1 aliphatic rings. The van der Waals surface area contributed by atoms with Gasteiger partial charge in [0.05, 0.1) is 0 Å². The minimum atomic E-state index is -0.889. The highest BCUT2D eigenvalue weighted by Crippen LogP contribution is 2.37. The first-order chi connectivity index (χ1) is 8.56. The molecule has 0 aliphatic carbocycles. The number of nitrogens with zero attached hydrogens (tertiary/aromatic N) is 1. The number of aliphatic carboxylic acids is 1. The van der Waals surface area contributed by atoms with E-state index in [9.17, 15) is 14.4 Å². The number of likely N-dealkylation sites (tertiary alicyclic amines) is 1. The molecule has 1 N–H and O–H groups in total. The summed E-state index contributed by atoms with van der Waals surface area (Å²) in [5.41, 5.74) is -1.00. The van der Waals surface area contributed by atoms with Crippen LogP contribution in [-0.4, -0.2) is 38.7 Å². The summed E-state index contributed by atoms with van der Waals surface area (Å²) in [7, 11) is 0. The Hall–Kier alpha value is -1.39. The molecule has 1 amide bonds. The van der Waals surface area contributed by atoms with Crippen LogP contribution in [0.1, 0.15) is 59.8 Å². The number of rotatable bonds is 4. The SMILES string of the molecule is CC1(C)CC(=O)CC(C)(C)N1C(=O)CCCC(=O)O. The van der Waals surface area contributed by atoms with Crippen LogP contribution in [0.15, 0.2) is 0 Å². The number of hydrogen-bond donors (Lipinski definition) is 1. The second kappa shape index (κ2) is 5.31. The van der Waals surface area contributed by atoms with Gasteiger partial charge in [0.25, 0.3) is 0 Å². The van der Waals surface area contributed by atoms with Gasteiger partial charge < -0.3 is 10.0 Å². The normalized spacial score (nSPS) is 21.3. The lowest BCUT2D eigenvalue weighted by molar-refractivity contribution is -0.153. The topological polar surface area (TPSA) is 74.7 Å². The molecule has 5 heteroatoms.